The fourth-order valence-electron chi connectivity index (χ4n) is 2.07. The zero-order valence-electron chi connectivity index (χ0n) is 11.4. The second kappa shape index (κ2) is 5.53. The van der Waals surface area contributed by atoms with E-state index in [4.69, 9.17) is 5.73 Å². The Balaban J connectivity index is 1.73. The molecule has 0 aliphatic carbocycles. The molecule has 3 rings (SSSR count). The van der Waals surface area contributed by atoms with Crippen molar-refractivity contribution in [3.63, 3.8) is 0 Å². The highest BCUT2D eigenvalue weighted by Crippen LogP contribution is 2.34. The van der Waals surface area contributed by atoms with Gasteiger partial charge in [-0.3, -0.25) is 4.79 Å². The fourth-order valence-corrected chi connectivity index (χ4v) is 3.09. The van der Waals surface area contributed by atoms with Gasteiger partial charge in [-0.15, -0.1) is 11.3 Å². The number of hydrogen-bond donors (Lipinski definition) is 2. The number of carbonyl (C=O) groups excluding carboxylic acids is 1. The monoisotopic (exact) mass is 302 g/mol. The lowest BCUT2D eigenvalue weighted by Crippen LogP contribution is -2.25. The lowest BCUT2D eigenvalue weighted by molar-refractivity contribution is 0.0959. The number of aromatic nitrogens is 2. The molecule has 6 nitrogen and oxygen atoms in total. The quantitative estimate of drug-likeness (QED) is 0.770. The van der Waals surface area contributed by atoms with Gasteiger partial charge in [-0.2, -0.15) is 4.98 Å². The number of anilines is 1. The zero-order chi connectivity index (χ0) is 14.8. The number of thiophene rings is 1. The fraction of sp³-hybridized carbons (Fsp3) is 0.214. The summed E-state index contributed by atoms with van der Waals surface area (Å²) in [5.41, 5.74) is 7.74. The third-order valence-electron chi connectivity index (χ3n) is 3.13. The first-order chi connectivity index (χ1) is 10.1. The van der Waals surface area contributed by atoms with Crippen LogP contribution in [0, 0.1) is 6.92 Å². The smallest absolute Gasteiger partial charge is 0.263 e. The molecule has 0 radical (unpaired) electrons. The largest absolute Gasteiger partial charge is 0.397 e. The molecular formula is C14H14N4O2S. The van der Waals surface area contributed by atoms with E-state index >= 15 is 0 Å². The molecule has 0 atom stereocenters. The van der Waals surface area contributed by atoms with Crippen LogP contribution in [-0.4, -0.2) is 22.6 Å². The topological polar surface area (TPSA) is 94.0 Å². The Morgan fingerprint density at radius 2 is 2.33 bits per heavy atom. The van der Waals surface area contributed by atoms with E-state index in [9.17, 15) is 4.79 Å². The highest BCUT2D eigenvalue weighted by atomic mass is 32.1. The molecule has 3 N–H and O–H groups in total. The molecule has 108 valence electrons. The van der Waals surface area contributed by atoms with Gasteiger partial charge in [0.05, 0.1) is 5.69 Å². The number of nitrogens with two attached hydrogens (primary N) is 1. The van der Waals surface area contributed by atoms with Crippen molar-refractivity contribution in [2.45, 2.75) is 13.3 Å². The Morgan fingerprint density at radius 3 is 3.10 bits per heavy atom. The van der Waals surface area contributed by atoms with E-state index in [0.29, 0.717) is 29.4 Å². The normalized spacial score (nSPS) is 10.9. The average molecular weight is 302 g/mol. The highest BCUT2D eigenvalue weighted by molar-refractivity contribution is 7.21. The van der Waals surface area contributed by atoms with Gasteiger partial charge in [0.1, 0.15) is 4.88 Å². The summed E-state index contributed by atoms with van der Waals surface area (Å²) in [7, 11) is 0. The van der Waals surface area contributed by atoms with E-state index in [2.05, 4.69) is 20.0 Å². The van der Waals surface area contributed by atoms with Gasteiger partial charge in [0.15, 0.2) is 5.82 Å². The van der Waals surface area contributed by atoms with Gasteiger partial charge in [-0.1, -0.05) is 16.8 Å². The van der Waals surface area contributed by atoms with E-state index in [1.807, 2.05) is 25.1 Å². The molecule has 0 unspecified atom stereocenters. The molecule has 2 heterocycles. The number of hydrogen-bond acceptors (Lipinski definition) is 6. The molecule has 3 aromatic rings. The molecule has 0 aliphatic heterocycles. The minimum Gasteiger partial charge on any atom is -0.397 e. The predicted molar refractivity (Wildman–Crippen MR) is 81.3 cm³/mol. The van der Waals surface area contributed by atoms with Crippen LogP contribution in [-0.2, 0) is 6.42 Å². The van der Waals surface area contributed by atoms with E-state index in [1.54, 1.807) is 0 Å². The van der Waals surface area contributed by atoms with Crippen molar-refractivity contribution in [2.24, 2.45) is 0 Å². The number of amides is 1. The summed E-state index contributed by atoms with van der Waals surface area (Å²) in [6.45, 7) is 2.44. The van der Waals surface area contributed by atoms with Crippen molar-refractivity contribution in [1.29, 1.82) is 0 Å². The zero-order valence-corrected chi connectivity index (χ0v) is 12.2. The van der Waals surface area contributed by atoms with Crippen LogP contribution >= 0.6 is 11.3 Å². The first kappa shape index (κ1) is 13.6. The second-order valence-electron chi connectivity index (χ2n) is 4.70. The van der Waals surface area contributed by atoms with Crippen LogP contribution in [0.4, 0.5) is 5.69 Å². The number of aryl methyl sites for hydroxylation is 1. The molecule has 21 heavy (non-hydrogen) atoms. The van der Waals surface area contributed by atoms with E-state index < -0.39 is 0 Å². The van der Waals surface area contributed by atoms with Crippen LogP contribution in [0.15, 0.2) is 29.1 Å². The van der Waals surface area contributed by atoms with Crippen LogP contribution in [0.5, 0.6) is 0 Å². The number of benzene rings is 1. The third kappa shape index (κ3) is 2.73. The summed E-state index contributed by atoms with van der Waals surface area (Å²) >= 11 is 1.40. The van der Waals surface area contributed by atoms with Gasteiger partial charge in [0.2, 0.25) is 6.39 Å². The summed E-state index contributed by atoms with van der Waals surface area (Å²) in [6, 6.07) is 6.00. The number of fused-ring (bicyclic) bond motifs is 1. The predicted octanol–water partition coefficient (Wildman–Crippen LogP) is 2.15. The van der Waals surface area contributed by atoms with Crippen LogP contribution in [0.1, 0.15) is 21.1 Å². The Kier molecular flexibility index (Phi) is 3.57. The first-order valence-electron chi connectivity index (χ1n) is 6.47. The molecule has 0 fully saturated rings. The maximum absolute atomic E-state index is 12.2. The third-order valence-corrected chi connectivity index (χ3v) is 4.31. The van der Waals surface area contributed by atoms with E-state index in [-0.39, 0.29) is 5.91 Å². The SMILES string of the molecule is Cc1ccc2sc(C(=O)NCCc3ncon3)c(N)c2c1. The number of nitrogens with zero attached hydrogens (tertiary/aromatic N) is 2. The lowest BCUT2D eigenvalue weighted by Gasteiger charge is -2.02. The van der Waals surface area contributed by atoms with Crippen LogP contribution in [0.25, 0.3) is 10.1 Å². The van der Waals surface area contributed by atoms with Crippen molar-refractivity contribution in [3.05, 3.63) is 40.9 Å². The van der Waals surface area contributed by atoms with E-state index in [1.165, 1.54) is 17.7 Å². The summed E-state index contributed by atoms with van der Waals surface area (Å²) in [4.78, 5) is 16.6. The summed E-state index contributed by atoms with van der Waals surface area (Å²) in [5.74, 6) is 0.394. The van der Waals surface area contributed by atoms with Gasteiger partial charge in [0.25, 0.3) is 5.91 Å². The van der Waals surface area contributed by atoms with Gasteiger partial charge in [-0.25, -0.2) is 0 Å². The summed E-state index contributed by atoms with van der Waals surface area (Å²) in [5, 5.41) is 7.45. The Hall–Kier alpha value is -2.41. The Morgan fingerprint density at radius 1 is 1.48 bits per heavy atom. The molecule has 0 aliphatic rings. The standard InChI is InChI=1S/C14H14N4O2S/c1-8-2-3-10-9(6-8)12(15)13(21-10)14(19)16-5-4-11-17-7-20-18-11/h2-3,6-7H,4-5,15H2,1H3,(H,16,19). The van der Waals surface area contributed by atoms with Crippen LogP contribution in [0.3, 0.4) is 0 Å². The van der Waals surface area contributed by atoms with Crippen LogP contribution in [0.2, 0.25) is 0 Å². The van der Waals surface area contributed by atoms with Crippen molar-refractivity contribution in [1.82, 2.24) is 15.5 Å². The minimum atomic E-state index is -0.171. The Labute approximate surface area is 125 Å². The van der Waals surface area contributed by atoms with Crippen molar-refractivity contribution >= 4 is 33.0 Å². The second-order valence-corrected chi connectivity index (χ2v) is 5.75. The molecule has 0 saturated heterocycles. The van der Waals surface area contributed by atoms with Crippen molar-refractivity contribution in [3.8, 4) is 0 Å². The molecule has 2 aromatic heterocycles. The molecular weight excluding hydrogens is 288 g/mol. The molecule has 0 spiro atoms. The van der Waals surface area contributed by atoms with Gasteiger partial charge >= 0.3 is 0 Å². The van der Waals surface area contributed by atoms with Crippen molar-refractivity contribution in [2.75, 3.05) is 12.3 Å². The van der Waals surface area contributed by atoms with E-state index in [0.717, 1.165) is 15.6 Å². The maximum Gasteiger partial charge on any atom is 0.263 e. The number of rotatable bonds is 4. The molecule has 1 aromatic carbocycles. The van der Waals surface area contributed by atoms with Crippen molar-refractivity contribution < 1.29 is 9.32 Å². The molecule has 7 heteroatoms. The Bertz CT molecular complexity index is 780. The number of nitrogens with one attached hydrogen (secondary N) is 1. The number of carbonyl (C=O) groups is 1. The summed E-state index contributed by atoms with van der Waals surface area (Å²) < 4.78 is 5.65. The minimum absolute atomic E-state index is 0.171. The summed E-state index contributed by atoms with van der Waals surface area (Å²) in [6.07, 6.45) is 1.79. The highest BCUT2D eigenvalue weighted by Gasteiger charge is 2.16. The molecule has 1 amide bonds. The van der Waals surface area contributed by atoms with Gasteiger partial charge in [-0.05, 0) is 19.1 Å². The average Bonchev–Trinajstić information content (AvgIpc) is 3.08. The maximum atomic E-state index is 12.2. The first-order valence-corrected chi connectivity index (χ1v) is 7.29. The molecule has 0 saturated carbocycles. The van der Waals surface area contributed by atoms with Gasteiger partial charge < -0.3 is 15.6 Å². The van der Waals surface area contributed by atoms with Crippen LogP contribution < -0.4 is 11.1 Å². The van der Waals surface area contributed by atoms with Gasteiger partial charge in [0, 0.05) is 23.1 Å². The molecule has 0 bridgehead atoms. The number of nitrogen functional groups attached to an aromatic ring is 1. The lowest BCUT2D eigenvalue weighted by atomic mass is 10.1.